The standard InChI is InChI=1S/C18H34N2O2/c1-2-3-4-5-6-7-8-9-10-11-12-13-14-15-16-17-19-18(21)22-20-17/h2-16H2,1H3,(H,19,20,21). The molecule has 22 heavy (non-hydrogen) atoms. The highest BCUT2D eigenvalue weighted by atomic mass is 16.5. The van der Waals surface area contributed by atoms with Crippen LogP contribution >= 0.6 is 0 Å². The summed E-state index contributed by atoms with van der Waals surface area (Å²) in [4.78, 5) is 13.3. The highest BCUT2D eigenvalue weighted by molar-refractivity contribution is 4.77. The summed E-state index contributed by atoms with van der Waals surface area (Å²) in [6.45, 7) is 2.27. The Morgan fingerprint density at radius 1 is 0.773 bits per heavy atom. The molecule has 128 valence electrons. The highest BCUT2D eigenvalue weighted by Gasteiger charge is 1.99. The molecule has 0 atom stereocenters. The molecular formula is C18H34N2O2. The minimum absolute atomic E-state index is 0.444. The molecular weight excluding hydrogens is 276 g/mol. The summed E-state index contributed by atoms with van der Waals surface area (Å²) >= 11 is 0. The molecule has 1 aromatic rings. The van der Waals surface area contributed by atoms with Gasteiger partial charge in [0.05, 0.1) is 0 Å². The van der Waals surface area contributed by atoms with Crippen LogP contribution in [-0.4, -0.2) is 10.1 Å². The summed E-state index contributed by atoms with van der Waals surface area (Å²) in [6, 6.07) is 0. The lowest BCUT2D eigenvalue weighted by Gasteiger charge is -2.02. The molecule has 0 saturated carbocycles. The Morgan fingerprint density at radius 3 is 1.64 bits per heavy atom. The Balaban J connectivity index is 1.74. The second kappa shape index (κ2) is 13.6. The molecule has 1 rings (SSSR count). The van der Waals surface area contributed by atoms with Gasteiger partial charge in [0.25, 0.3) is 0 Å². The number of unbranched alkanes of at least 4 members (excludes halogenated alkanes) is 13. The SMILES string of the molecule is CCCCCCCCCCCCCCCCc1noc(=O)[nH]1. The number of nitrogens with zero attached hydrogens (tertiary/aromatic N) is 1. The fraction of sp³-hybridized carbons (Fsp3) is 0.889. The van der Waals surface area contributed by atoms with E-state index < -0.39 is 5.76 Å². The first-order chi connectivity index (χ1) is 10.8. The Hall–Kier alpha value is -1.06. The van der Waals surface area contributed by atoms with E-state index in [1.165, 1.54) is 83.5 Å². The number of aromatic amines is 1. The minimum Gasteiger partial charge on any atom is -0.296 e. The van der Waals surface area contributed by atoms with Crippen LogP contribution in [-0.2, 0) is 6.42 Å². The minimum atomic E-state index is -0.444. The van der Waals surface area contributed by atoms with E-state index >= 15 is 0 Å². The van der Waals surface area contributed by atoms with Crippen LogP contribution in [0, 0.1) is 0 Å². The predicted octanol–water partition coefficient (Wildman–Crippen LogP) is 5.39. The van der Waals surface area contributed by atoms with E-state index in [9.17, 15) is 4.79 Å². The second-order valence-corrected chi connectivity index (χ2v) is 6.39. The zero-order chi connectivity index (χ0) is 15.9. The largest absolute Gasteiger partial charge is 0.438 e. The first kappa shape index (κ1) is 19.0. The summed E-state index contributed by atoms with van der Waals surface area (Å²) in [6.07, 6.45) is 19.8. The van der Waals surface area contributed by atoms with E-state index in [-0.39, 0.29) is 0 Å². The number of H-pyrrole nitrogens is 1. The predicted molar refractivity (Wildman–Crippen MR) is 91.1 cm³/mol. The van der Waals surface area contributed by atoms with Crippen LogP contribution < -0.4 is 5.76 Å². The van der Waals surface area contributed by atoms with E-state index in [0.717, 1.165) is 12.8 Å². The van der Waals surface area contributed by atoms with Gasteiger partial charge in [-0.1, -0.05) is 95.6 Å². The molecule has 0 fully saturated rings. The second-order valence-electron chi connectivity index (χ2n) is 6.39. The number of rotatable bonds is 15. The first-order valence-corrected chi connectivity index (χ1v) is 9.38. The van der Waals surface area contributed by atoms with Crippen molar-refractivity contribution in [2.45, 2.75) is 103 Å². The third-order valence-corrected chi connectivity index (χ3v) is 4.25. The summed E-state index contributed by atoms with van der Waals surface area (Å²) in [5.74, 6) is 0.240. The molecule has 0 spiro atoms. The molecule has 0 aliphatic heterocycles. The Kier molecular flexibility index (Phi) is 11.7. The molecule has 4 nitrogen and oxygen atoms in total. The van der Waals surface area contributed by atoms with Crippen molar-refractivity contribution in [3.05, 3.63) is 16.4 Å². The topological polar surface area (TPSA) is 58.9 Å². The van der Waals surface area contributed by atoms with Crippen molar-refractivity contribution in [3.8, 4) is 0 Å². The molecule has 0 amide bonds. The molecule has 1 aromatic heterocycles. The lowest BCUT2D eigenvalue weighted by atomic mass is 10.0. The summed E-state index contributed by atoms with van der Waals surface area (Å²) in [5, 5.41) is 3.67. The van der Waals surface area contributed by atoms with Gasteiger partial charge in [-0.2, -0.15) is 0 Å². The number of nitrogens with one attached hydrogen (secondary N) is 1. The van der Waals surface area contributed by atoms with E-state index in [1.54, 1.807) is 0 Å². The average Bonchev–Trinajstić information content (AvgIpc) is 2.93. The van der Waals surface area contributed by atoms with Gasteiger partial charge in [0.15, 0.2) is 5.82 Å². The molecule has 0 unspecified atom stereocenters. The van der Waals surface area contributed by atoms with Crippen molar-refractivity contribution < 1.29 is 4.52 Å². The molecule has 1 heterocycles. The maximum Gasteiger partial charge on any atom is 0.438 e. The highest BCUT2D eigenvalue weighted by Crippen LogP contribution is 2.13. The van der Waals surface area contributed by atoms with Crippen LogP contribution in [0.2, 0.25) is 0 Å². The van der Waals surface area contributed by atoms with Gasteiger partial charge in [-0.3, -0.25) is 9.51 Å². The molecule has 0 aliphatic rings. The van der Waals surface area contributed by atoms with Crippen molar-refractivity contribution in [1.82, 2.24) is 10.1 Å². The number of aromatic nitrogens is 2. The third kappa shape index (κ3) is 10.6. The lowest BCUT2D eigenvalue weighted by molar-refractivity contribution is 0.380. The molecule has 0 bridgehead atoms. The van der Waals surface area contributed by atoms with Gasteiger partial charge in [-0.25, -0.2) is 4.79 Å². The van der Waals surface area contributed by atoms with Crippen molar-refractivity contribution >= 4 is 0 Å². The van der Waals surface area contributed by atoms with Crippen LogP contribution in [0.1, 0.15) is 103 Å². The molecule has 0 radical (unpaired) electrons. The van der Waals surface area contributed by atoms with Gasteiger partial charge in [0, 0.05) is 6.42 Å². The Bertz CT molecular complexity index is 398. The quantitative estimate of drug-likeness (QED) is 0.442. The third-order valence-electron chi connectivity index (χ3n) is 4.25. The fourth-order valence-electron chi connectivity index (χ4n) is 2.86. The van der Waals surface area contributed by atoms with Gasteiger partial charge < -0.3 is 0 Å². The van der Waals surface area contributed by atoms with Gasteiger partial charge in [-0.15, -0.1) is 0 Å². The van der Waals surface area contributed by atoms with Gasteiger partial charge in [0.2, 0.25) is 0 Å². The molecule has 0 saturated heterocycles. The van der Waals surface area contributed by atoms with Crippen molar-refractivity contribution in [1.29, 1.82) is 0 Å². The van der Waals surface area contributed by atoms with Crippen LogP contribution in [0.5, 0.6) is 0 Å². The van der Waals surface area contributed by atoms with E-state index in [2.05, 4.69) is 21.6 Å². The van der Waals surface area contributed by atoms with Crippen LogP contribution in [0.4, 0.5) is 0 Å². The molecule has 0 aliphatic carbocycles. The maximum atomic E-state index is 10.8. The fourth-order valence-corrected chi connectivity index (χ4v) is 2.86. The summed E-state index contributed by atoms with van der Waals surface area (Å²) < 4.78 is 4.47. The maximum absolute atomic E-state index is 10.8. The van der Waals surface area contributed by atoms with Gasteiger partial charge in [0.1, 0.15) is 0 Å². The van der Waals surface area contributed by atoms with Crippen LogP contribution in [0.3, 0.4) is 0 Å². The normalized spacial score (nSPS) is 11.1. The molecule has 1 N–H and O–H groups in total. The number of aryl methyl sites for hydroxylation is 1. The lowest BCUT2D eigenvalue weighted by Crippen LogP contribution is -1.97. The van der Waals surface area contributed by atoms with Crippen molar-refractivity contribution in [2.24, 2.45) is 0 Å². The monoisotopic (exact) mass is 310 g/mol. The smallest absolute Gasteiger partial charge is 0.296 e. The summed E-state index contributed by atoms with van der Waals surface area (Å²) in [5.41, 5.74) is 0. The average molecular weight is 310 g/mol. The van der Waals surface area contributed by atoms with E-state index in [1.807, 2.05) is 0 Å². The molecule has 4 heteroatoms. The zero-order valence-corrected chi connectivity index (χ0v) is 14.4. The Labute approximate surface area is 135 Å². The number of hydrogen-bond donors (Lipinski definition) is 1. The number of hydrogen-bond acceptors (Lipinski definition) is 3. The summed E-state index contributed by atoms with van der Waals surface area (Å²) in [7, 11) is 0. The molecule has 0 aromatic carbocycles. The van der Waals surface area contributed by atoms with Crippen LogP contribution in [0.25, 0.3) is 0 Å². The zero-order valence-electron chi connectivity index (χ0n) is 14.4. The Morgan fingerprint density at radius 2 is 1.23 bits per heavy atom. The van der Waals surface area contributed by atoms with Crippen molar-refractivity contribution in [2.75, 3.05) is 0 Å². The van der Waals surface area contributed by atoms with Crippen molar-refractivity contribution in [3.63, 3.8) is 0 Å². The van der Waals surface area contributed by atoms with Crippen LogP contribution in [0.15, 0.2) is 9.32 Å². The van der Waals surface area contributed by atoms with E-state index in [4.69, 9.17) is 0 Å². The van der Waals surface area contributed by atoms with Gasteiger partial charge in [-0.05, 0) is 6.42 Å². The first-order valence-electron chi connectivity index (χ1n) is 9.38. The van der Waals surface area contributed by atoms with E-state index in [0.29, 0.717) is 5.82 Å². The van der Waals surface area contributed by atoms with Gasteiger partial charge >= 0.3 is 5.76 Å².